The summed E-state index contributed by atoms with van der Waals surface area (Å²) in [6.07, 6.45) is 4.26. The fourth-order valence-electron chi connectivity index (χ4n) is 2.09. The Kier molecular flexibility index (Phi) is 9.83. The quantitative estimate of drug-likeness (QED) is 0.514. The molecule has 2 aromatic heterocycles. The molecule has 140 valence electrons. The minimum absolute atomic E-state index is 0.0829. The van der Waals surface area contributed by atoms with Gasteiger partial charge in [0.2, 0.25) is 0 Å². The van der Waals surface area contributed by atoms with Crippen molar-refractivity contribution in [3.05, 3.63) is 54.0 Å². The monoisotopic (exact) mass is 359 g/mol. The van der Waals surface area contributed by atoms with Crippen LogP contribution < -0.4 is 10.6 Å². The Labute approximate surface area is 153 Å². The summed E-state index contributed by atoms with van der Waals surface area (Å²) >= 11 is 0. The van der Waals surface area contributed by atoms with E-state index in [0.717, 1.165) is 23.5 Å². The molecule has 0 bridgehead atoms. The molecule has 0 unspecified atom stereocenters. The number of nitrogens with zero attached hydrogens (tertiary/aromatic N) is 3. The molecule has 0 atom stereocenters. The van der Waals surface area contributed by atoms with E-state index in [0.29, 0.717) is 19.6 Å². The average Bonchev–Trinajstić information content (AvgIpc) is 2.66. The van der Waals surface area contributed by atoms with Crippen LogP contribution in [-0.4, -0.2) is 59.2 Å². The van der Waals surface area contributed by atoms with Gasteiger partial charge >= 0.3 is 6.03 Å². The number of carbonyl (C=O) groups excluding carboxylic acids is 1. The lowest BCUT2D eigenvalue weighted by Gasteiger charge is -2.18. The van der Waals surface area contributed by atoms with E-state index in [1.807, 2.05) is 37.3 Å². The van der Waals surface area contributed by atoms with Crippen molar-refractivity contribution in [2.45, 2.75) is 13.3 Å². The fraction of sp³-hybridized carbons (Fsp3) is 0.333. The lowest BCUT2D eigenvalue weighted by atomic mass is 10.2. The zero-order chi connectivity index (χ0) is 19.2. The second kappa shape index (κ2) is 12.2. The predicted molar refractivity (Wildman–Crippen MR) is 100 cm³/mol. The highest BCUT2D eigenvalue weighted by atomic mass is 16.3. The van der Waals surface area contributed by atoms with E-state index < -0.39 is 0 Å². The van der Waals surface area contributed by atoms with Crippen LogP contribution in [0.25, 0.3) is 0 Å². The number of rotatable bonds is 7. The van der Waals surface area contributed by atoms with E-state index in [2.05, 4.69) is 20.6 Å². The second-order valence-electron chi connectivity index (χ2n) is 5.43. The van der Waals surface area contributed by atoms with Gasteiger partial charge in [-0.25, -0.2) is 9.78 Å². The summed E-state index contributed by atoms with van der Waals surface area (Å²) in [4.78, 5) is 30.5. The number of urea groups is 1. The van der Waals surface area contributed by atoms with Crippen molar-refractivity contribution in [3.63, 3.8) is 0 Å². The summed E-state index contributed by atoms with van der Waals surface area (Å²) in [5.41, 5.74) is 2.07. The molecule has 0 saturated carbocycles. The number of anilines is 1. The molecule has 8 nitrogen and oxygen atoms in total. The summed E-state index contributed by atoms with van der Waals surface area (Å²) in [6.45, 7) is 3.56. The molecule has 26 heavy (non-hydrogen) atoms. The normalized spacial score (nSPS) is 9.46. The summed E-state index contributed by atoms with van der Waals surface area (Å²) in [7, 11) is 1.79. The largest absolute Gasteiger partial charge is 0.483 e. The van der Waals surface area contributed by atoms with Crippen LogP contribution in [0.15, 0.2) is 42.7 Å². The Morgan fingerprint density at radius 2 is 1.92 bits per heavy atom. The van der Waals surface area contributed by atoms with Crippen molar-refractivity contribution in [1.82, 2.24) is 20.2 Å². The van der Waals surface area contributed by atoms with Gasteiger partial charge in [-0.15, -0.1) is 0 Å². The Balaban J connectivity index is 0.00000105. The van der Waals surface area contributed by atoms with Crippen molar-refractivity contribution in [3.8, 4) is 0 Å². The van der Waals surface area contributed by atoms with Gasteiger partial charge in [-0.1, -0.05) is 12.1 Å². The first-order valence-electron chi connectivity index (χ1n) is 8.20. The first-order valence-corrected chi connectivity index (χ1v) is 8.20. The van der Waals surface area contributed by atoms with Crippen molar-refractivity contribution < 1.29 is 14.7 Å². The summed E-state index contributed by atoms with van der Waals surface area (Å²) in [5.74, 6) is 0.852. The first kappa shape index (κ1) is 20.9. The summed E-state index contributed by atoms with van der Waals surface area (Å²) < 4.78 is 0. The summed E-state index contributed by atoms with van der Waals surface area (Å²) in [6, 6.07) is 9.62. The number of aromatic nitrogens is 2. The number of hydrogen-bond acceptors (Lipinski definition) is 5. The van der Waals surface area contributed by atoms with Crippen LogP contribution in [0.3, 0.4) is 0 Å². The lowest BCUT2D eigenvalue weighted by Crippen LogP contribution is -2.40. The maximum Gasteiger partial charge on any atom is 0.317 e. The number of amides is 2. The maximum atomic E-state index is 12.0. The third-order valence-electron chi connectivity index (χ3n) is 3.48. The predicted octanol–water partition coefficient (Wildman–Crippen LogP) is 1.78. The van der Waals surface area contributed by atoms with Gasteiger partial charge in [0.1, 0.15) is 5.82 Å². The molecule has 0 aliphatic heterocycles. The van der Waals surface area contributed by atoms with Crippen LogP contribution in [0.4, 0.5) is 10.6 Å². The molecule has 8 heteroatoms. The topological polar surface area (TPSA) is 107 Å². The smallest absolute Gasteiger partial charge is 0.317 e. The molecular weight excluding hydrogens is 334 g/mol. The highest BCUT2D eigenvalue weighted by Gasteiger charge is 2.07. The SMILES string of the molecule is Cc1cccnc1NCCNC(=O)N(C)CCc1ccccn1.O=CO. The third-order valence-corrected chi connectivity index (χ3v) is 3.48. The highest BCUT2D eigenvalue weighted by Crippen LogP contribution is 2.07. The number of nitrogens with one attached hydrogen (secondary N) is 2. The minimum Gasteiger partial charge on any atom is -0.483 e. The molecule has 0 saturated heterocycles. The molecule has 2 amide bonds. The molecule has 2 aromatic rings. The van der Waals surface area contributed by atoms with E-state index in [-0.39, 0.29) is 12.5 Å². The fourth-order valence-corrected chi connectivity index (χ4v) is 2.09. The van der Waals surface area contributed by atoms with Crippen molar-refractivity contribution in [1.29, 1.82) is 0 Å². The Bertz CT molecular complexity index is 667. The van der Waals surface area contributed by atoms with E-state index in [1.54, 1.807) is 24.3 Å². The number of aryl methyl sites for hydroxylation is 1. The molecule has 0 radical (unpaired) electrons. The molecular formula is C18H25N5O3. The van der Waals surface area contributed by atoms with Gasteiger partial charge in [-0.05, 0) is 30.7 Å². The number of carbonyl (C=O) groups is 2. The zero-order valence-electron chi connectivity index (χ0n) is 15.1. The number of hydrogen-bond donors (Lipinski definition) is 3. The van der Waals surface area contributed by atoms with Crippen molar-refractivity contribution in [2.75, 3.05) is 32.0 Å². The van der Waals surface area contributed by atoms with Gasteiger partial charge in [0.05, 0.1) is 0 Å². The van der Waals surface area contributed by atoms with Crippen molar-refractivity contribution >= 4 is 18.3 Å². The Morgan fingerprint density at radius 1 is 1.19 bits per heavy atom. The molecule has 3 N–H and O–H groups in total. The molecule has 0 aromatic carbocycles. The maximum absolute atomic E-state index is 12.0. The highest BCUT2D eigenvalue weighted by molar-refractivity contribution is 5.73. The van der Waals surface area contributed by atoms with Crippen LogP contribution in [0.1, 0.15) is 11.3 Å². The van der Waals surface area contributed by atoms with Gasteiger partial charge in [0, 0.05) is 51.2 Å². The van der Waals surface area contributed by atoms with Crippen LogP contribution in [0, 0.1) is 6.92 Å². The van der Waals surface area contributed by atoms with Crippen LogP contribution in [-0.2, 0) is 11.2 Å². The van der Waals surface area contributed by atoms with Gasteiger partial charge in [-0.2, -0.15) is 0 Å². The van der Waals surface area contributed by atoms with E-state index >= 15 is 0 Å². The van der Waals surface area contributed by atoms with Crippen LogP contribution in [0.2, 0.25) is 0 Å². The van der Waals surface area contributed by atoms with Crippen LogP contribution >= 0.6 is 0 Å². The molecule has 2 heterocycles. The number of carboxylic acid groups (broad SMARTS) is 1. The van der Waals surface area contributed by atoms with E-state index in [1.165, 1.54) is 0 Å². The Hall–Kier alpha value is -3.16. The van der Waals surface area contributed by atoms with Gasteiger partial charge in [0.15, 0.2) is 0 Å². The molecule has 0 spiro atoms. The Morgan fingerprint density at radius 3 is 2.58 bits per heavy atom. The van der Waals surface area contributed by atoms with E-state index in [9.17, 15) is 4.79 Å². The molecule has 0 aliphatic rings. The molecule has 0 fully saturated rings. The number of likely N-dealkylation sites (N-methyl/N-ethyl adjacent to an activating group) is 1. The van der Waals surface area contributed by atoms with Crippen molar-refractivity contribution in [2.24, 2.45) is 0 Å². The zero-order valence-corrected chi connectivity index (χ0v) is 15.1. The minimum atomic E-state index is -0.250. The average molecular weight is 359 g/mol. The summed E-state index contributed by atoms with van der Waals surface area (Å²) in [5, 5.41) is 13.0. The lowest BCUT2D eigenvalue weighted by molar-refractivity contribution is -0.122. The standard InChI is InChI=1S/C17H23N5O.CH2O2/c1-14-6-5-10-19-16(14)20-11-12-21-17(23)22(2)13-8-15-7-3-4-9-18-15;2-1-3/h3-7,9-10H,8,11-13H2,1-2H3,(H,19,20)(H,21,23);1H,(H,2,3). The van der Waals surface area contributed by atoms with E-state index in [4.69, 9.17) is 9.90 Å². The third kappa shape index (κ3) is 8.09. The van der Waals surface area contributed by atoms with Gasteiger partial charge in [-0.3, -0.25) is 9.78 Å². The van der Waals surface area contributed by atoms with Gasteiger partial charge in [0.25, 0.3) is 6.47 Å². The van der Waals surface area contributed by atoms with Gasteiger partial charge < -0.3 is 20.6 Å². The number of pyridine rings is 2. The van der Waals surface area contributed by atoms with Crippen LogP contribution in [0.5, 0.6) is 0 Å². The first-order chi connectivity index (χ1) is 12.6. The second-order valence-corrected chi connectivity index (χ2v) is 5.43. The molecule has 0 aliphatic carbocycles. The molecule has 2 rings (SSSR count).